The number of carbonyl (C=O) groups is 2. The monoisotopic (exact) mass is 317 g/mol. The molecule has 1 aliphatic heterocycles. The number of esters is 1. The van der Waals surface area contributed by atoms with Crippen molar-refractivity contribution in [1.29, 1.82) is 0 Å². The Morgan fingerprint density at radius 2 is 1.78 bits per heavy atom. The molecule has 4 nitrogen and oxygen atoms in total. The number of piperidine rings is 1. The lowest BCUT2D eigenvalue weighted by Gasteiger charge is -2.38. The smallest absolute Gasteiger partial charge is 0.313 e. The Kier molecular flexibility index (Phi) is 6.20. The first-order valence-corrected chi connectivity index (χ1v) is 8.57. The van der Waals surface area contributed by atoms with E-state index < -0.39 is 0 Å². The maximum absolute atomic E-state index is 12.4. The SMILES string of the molecule is CC[C@@H](C(=O)OCC(=O)N1[C@H](C)CCC[C@H]1C)c1ccccc1. The summed E-state index contributed by atoms with van der Waals surface area (Å²) in [6.07, 6.45) is 3.85. The number of carbonyl (C=O) groups excluding carboxylic acids is 2. The molecule has 1 aromatic carbocycles. The fourth-order valence-electron chi connectivity index (χ4n) is 3.44. The molecular formula is C19H27NO3. The second-order valence-electron chi connectivity index (χ2n) is 6.41. The molecule has 0 aliphatic carbocycles. The van der Waals surface area contributed by atoms with Crippen LogP contribution < -0.4 is 0 Å². The molecule has 1 fully saturated rings. The summed E-state index contributed by atoms with van der Waals surface area (Å²) in [5.74, 6) is -0.703. The van der Waals surface area contributed by atoms with Gasteiger partial charge in [-0.1, -0.05) is 37.3 Å². The van der Waals surface area contributed by atoms with Crippen LogP contribution in [-0.2, 0) is 14.3 Å². The van der Waals surface area contributed by atoms with Crippen molar-refractivity contribution in [2.24, 2.45) is 0 Å². The van der Waals surface area contributed by atoms with Crippen LogP contribution in [0.2, 0.25) is 0 Å². The van der Waals surface area contributed by atoms with Gasteiger partial charge in [0, 0.05) is 12.1 Å². The molecule has 0 saturated carbocycles. The zero-order valence-corrected chi connectivity index (χ0v) is 14.3. The first kappa shape index (κ1) is 17.5. The lowest BCUT2D eigenvalue weighted by molar-refractivity contribution is -0.156. The van der Waals surface area contributed by atoms with E-state index in [-0.39, 0.29) is 36.5 Å². The number of likely N-dealkylation sites (tertiary alicyclic amines) is 1. The Bertz CT molecular complexity index is 519. The van der Waals surface area contributed by atoms with E-state index in [9.17, 15) is 9.59 Å². The summed E-state index contributed by atoms with van der Waals surface area (Å²) in [7, 11) is 0. The Morgan fingerprint density at radius 3 is 2.35 bits per heavy atom. The molecule has 0 unspecified atom stereocenters. The van der Waals surface area contributed by atoms with Crippen LogP contribution in [0.5, 0.6) is 0 Å². The average molecular weight is 317 g/mol. The van der Waals surface area contributed by atoms with Crippen molar-refractivity contribution >= 4 is 11.9 Å². The van der Waals surface area contributed by atoms with Gasteiger partial charge in [0.05, 0.1) is 5.92 Å². The fourth-order valence-corrected chi connectivity index (χ4v) is 3.44. The van der Waals surface area contributed by atoms with Crippen molar-refractivity contribution in [2.75, 3.05) is 6.61 Å². The highest BCUT2D eigenvalue weighted by Crippen LogP contribution is 2.24. The van der Waals surface area contributed by atoms with Gasteiger partial charge in [0.25, 0.3) is 5.91 Å². The summed E-state index contributed by atoms with van der Waals surface area (Å²) in [6, 6.07) is 10.0. The molecule has 0 bridgehead atoms. The number of benzene rings is 1. The molecule has 0 radical (unpaired) electrons. The van der Waals surface area contributed by atoms with Crippen molar-refractivity contribution in [1.82, 2.24) is 4.90 Å². The Labute approximate surface area is 138 Å². The number of rotatable bonds is 5. The van der Waals surface area contributed by atoms with Gasteiger partial charge in [0.15, 0.2) is 6.61 Å². The van der Waals surface area contributed by atoms with Crippen molar-refractivity contribution < 1.29 is 14.3 Å². The number of amides is 1. The molecule has 1 aromatic rings. The van der Waals surface area contributed by atoms with Gasteiger partial charge in [-0.25, -0.2) is 0 Å². The predicted molar refractivity (Wildman–Crippen MR) is 90.1 cm³/mol. The van der Waals surface area contributed by atoms with E-state index in [0.29, 0.717) is 6.42 Å². The Hall–Kier alpha value is -1.84. The van der Waals surface area contributed by atoms with E-state index in [2.05, 4.69) is 13.8 Å². The third-order valence-corrected chi connectivity index (χ3v) is 4.71. The quantitative estimate of drug-likeness (QED) is 0.781. The first-order chi connectivity index (χ1) is 11.0. The maximum Gasteiger partial charge on any atom is 0.313 e. The van der Waals surface area contributed by atoms with Gasteiger partial charge in [0.2, 0.25) is 0 Å². The summed E-state index contributed by atoms with van der Waals surface area (Å²) in [6.45, 7) is 5.93. The van der Waals surface area contributed by atoms with Gasteiger partial charge in [0.1, 0.15) is 0 Å². The van der Waals surface area contributed by atoms with Gasteiger partial charge in [-0.3, -0.25) is 9.59 Å². The van der Waals surface area contributed by atoms with E-state index in [0.717, 1.165) is 24.8 Å². The van der Waals surface area contributed by atoms with Crippen molar-refractivity contribution in [3.8, 4) is 0 Å². The minimum absolute atomic E-state index is 0.0824. The Balaban J connectivity index is 1.93. The standard InChI is InChI=1S/C19H27NO3/c1-4-17(16-11-6-5-7-12-16)19(22)23-13-18(21)20-14(2)9-8-10-15(20)3/h5-7,11-12,14-15,17H,4,8-10,13H2,1-3H3/t14-,15-,17-/m1/s1. The zero-order chi connectivity index (χ0) is 16.8. The molecule has 1 aliphatic rings. The molecule has 1 heterocycles. The van der Waals surface area contributed by atoms with Crippen LogP contribution in [0.15, 0.2) is 30.3 Å². The molecule has 23 heavy (non-hydrogen) atoms. The summed E-state index contributed by atoms with van der Waals surface area (Å²) < 4.78 is 5.33. The van der Waals surface area contributed by atoms with Gasteiger partial charge in [-0.15, -0.1) is 0 Å². The number of nitrogens with zero attached hydrogens (tertiary/aromatic N) is 1. The van der Waals surface area contributed by atoms with Crippen molar-refractivity contribution in [3.63, 3.8) is 0 Å². The summed E-state index contributed by atoms with van der Waals surface area (Å²) in [5.41, 5.74) is 0.937. The highest BCUT2D eigenvalue weighted by Gasteiger charge is 2.30. The van der Waals surface area contributed by atoms with Gasteiger partial charge < -0.3 is 9.64 Å². The Morgan fingerprint density at radius 1 is 1.17 bits per heavy atom. The normalized spacial score (nSPS) is 22.5. The van der Waals surface area contributed by atoms with Crippen LogP contribution in [0, 0.1) is 0 Å². The van der Waals surface area contributed by atoms with Crippen molar-refractivity contribution in [3.05, 3.63) is 35.9 Å². The molecule has 0 spiro atoms. The molecule has 126 valence electrons. The highest BCUT2D eigenvalue weighted by atomic mass is 16.5. The summed E-state index contributed by atoms with van der Waals surface area (Å²) >= 11 is 0. The second-order valence-corrected chi connectivity index (χ2v) is 6.41. The topological polar surface area (TPSA) is 46.6 Å². The summed E-state index contributed by atoms with van der Waals surface area (Å²) in [4.78, 5) is 26.6. The van der Waals surface area contributed by atoms with E-state index in [4.69, 9.17) is 4.74 Å². The van der Waals surface area contributed by atoms with Crippen LogP contribution in [0.3, 0.4) is 0 Å². The predicted octanol–water partition coefficient (Wildman–Crippen LogP) is 3.51. The number of ether oxygens (including phenoxy) is 1. The van der Waals surface area contributed by atoms with Gasteiger partial charge >= 0.3 is 5.97 Å². The summed E-state index contributed by atoms with van der Waals surface area (Å²) in [5, 5.41) is 0. The highest BCUT2D eigenvalue weighted by molar-refractivity contribution is 5.83. The molecular weight excluding hydrogens is 290 g/mol. The number of hydrogen-bond acceptors (Lipinski definition) is 3. The third kappa shape index (κ3) is 4.34. The first-order valence-electron chi connectivity index (χ1n) is 8.57. The van der Waals surface area contributed by atoms with Gasteiger partial charge in [-0.2, -0.15) is 0 Å². The second kappa shape index (κ2) is 8.14. The molecule has 0 N–H and O–H groups in total. The van der Waals surface area contributed by atoms with E-state index >= 15 is 0 Å². The van der Waals surface area contributed by atoms with Crippen LogP contribution in [0.4, 0.5) is 0 Å². The molecule has 4 heteroatoms. The molecule has 1 saturated heterocycles. The molecule has 0 aromatic heterocycles. The zero-order valence-electron chi connectivity index (χ0n) is 14.3. The van der Waals surface area contributed by atoms with Gasteiger partial charge in [-0.05, 0) is 45.1 Å². The molecule has 3 atom stereocenters. The van der Waals surface area contributed by atoms with Crippen LogP contribution >= 0.6 is 0 Å². The van der Waals surface area contributed by atoms with E-state index in [1.54, 1.807) is 0 Å². The molecule has 1 amide bonds. The van der Waals surface area contributed by atoms with E-state index in [1.165, 1.54) is 0 Å². The largest absolute Gasteiger partial charge is 0.455 e. The van der Waals surface area contributed by atoms with Crippen LogP contribution in [0.25, 0.3) is 0 Å². The lowest BCUT2D eigenvalue weighted by Crippen LogP contribution is -2.49. The fraction of sp³-hybridized carbons (Fsp3) is 0.579. The molecule has 2 rings (SSSR count). The maximum atomic E-state index is 12.4. The van der Waals surface area contributed by atoms with Crippen molar-refractivity contribution in [2.45, 2.75) is 64.5 Å². The third-order valence-electron chi connectivity index (χ3n) is 4.71. The lowest BCUT2D eigenvalue weighted by atomic mass is 9.97. The average Bonchev–Trinajstić information content (AvgIpc) is 2.54. The van der Waals surface area contributed by atoms with E-state index in [1.807, 2.05) is 42.2 Å². The van der Waals surface area contributed by atoms with Crippen LogP contribution in [-0.4, -0.2) is 35.5 Å². The minimum atomic E-state index is -0.315. The number of hydrogen-bond donors (Lipinski definition) is 0. The van der Waals surface area contributed by atoms with Crippen LogP contribution in [0.1, 0.15) is 57.9 Å². The minimum Gasteiger partial charge on any atom is -0.455 e.